The summed E-state index contributed by atoms with van der Waals surface area (Å²) < 4.78 is 35.0. The third-order valence-corrected chi connectivity index (χ3v) is 9.57. The zero-order valence-corrected chi connectivity index (χ0v) is 20.6. The highest BCUT2D eigenvalue weighted by Crippen LogP contribution is 2.37. The van der Waals surface area contributed by atoms with Crippen LogP contribution in [-0.2, 0) is 29.5 Å². The summed E-state index contributed by atoms with van der Waals surface area (Å²) in [6.45, 7) is 4.41. The number of nitrogens with zero attached hydrogens (tertiary/aromatic N) is 1. The van der Waals surface area contributed by atoms with Gasteiger partial charge in [0.15, 0.2) is 0 Å². The van der Waals surface area contributed by atoms with Crippen molar-refractivity contribution in [1.29, 1.82) is 0 Å². The van der Waals surface area contributed by atoms with Gasteiger partial charge in [-0.3, -0.25) is 4.31 Å². The Kier molecular flexibility index (Phi) is 7.37. The molecule has 2 aliphatic heterocycles. The molecule has 0 amide bonds. The van der Waals surface area contributed by atoms with Gasteiger partial charge < -0.3 is 9.84 Å². The Labute approximate surface area is 196 Å². The third kappa shape index (κ3) is 4.80. The van der Waals surface area contributed by atoms with Gasteiger partial charge in [0.05, 0.1) is 23.8 Å². The monoisotopic (exact) mass is 475 g/mol. The molecule has 0 bridgehead atoms. The highest BCUT2D eigenvalue weighted by Gasteiger charge is 2.34. The fourth-order valence-electron chi connectivity index (χ4n) is 4.57. The largest absolute Gasteiger partial charge is 0.493 e. The molecule has 0 radical (unpaired) electrons. The predicted octanol–water partition coefficient (Wildman–Crippen LogP) is 4.79. The fourth-order valence-corrected chi connectivity index (χ4v) is 7.55. The number of hydrogen-bond acceptors (Lipinski definition) is 5. The Morgan fingerprint density at radius 2 is 1.91 bits per heavy atom. The summed E-state index contributed by atoms with van der Waals surface area (Å²) in [5.74, 6) is 3.41. The molecule has 0 aromatic heterocycles. The molecule has 5 nitrogen and oxygen atoms in total. The molecule has 2 aromatic rings. The first-order chi connectivity index (χ1) is 15.4. The molecule has 0 spiro atoms. The first-order valence-corrected chi connectivity index (χ1v) is 14.1. The molecule has 174 valence electrons. The first kappa shape index (κ1) is 23.5. The lowest BCUT2D eigenvalue weighted by molar-refractivity contribution is 0.226. The topological polar surface area (TPSA) is 66.8 Å². The van der Waals surface area contributed by atoms with E-state index in [9.17, 15) is 13.5 Å². The second-order valence-corrected chi connectivity index (χ2v) is 11.8. The minimum absolute atomic E-state index is 0.127. The normalized spacial score (nSPS) is 19.6. The van der Waals surface area contributed by atoms with Crippen molar-refractivity contribution >= 4 is 27.5 Å². The highest BCUT2D eigenvalue weighted by atomic mass is 32.2. The fraction of sp³-hybridized carbons (Fsp3) is 0.520. The van der Waals surface area contributed by atoms with Gasteiger partial charge in [-0.1, -0.05) is 19.1 Å². The van der Waals surface area contributed by atoms with Crippen LogP contribution in [0.3, 0.4) is 0 Å². The van der Waals surface area contributed by atoms with E-state index >= 15 is 0 Å². The van der Waals surface area contributed by atoms with Crippen LogP contribution >= 0.6 is 11.8 Å². The second kappa shape index (κ2) is 10.1. The van der Waals surface area contributed by atoms with Crippen LogP contribution in [0.5, 0.6) is 5.75 Å². The number of aryl methyl sites for hydroxylation is 2. The lowest BCUT2D eigenvalue weighted by Crippen LogP contribution is -2.42. The lowest BCUT2D eigenvalue weighted by atomic mass is 9.96. The summed E-state index contributed by atoms with van der Waals surface area (Å²) in [5.41, 5.74) is 3.58. The molecule has 1 unspecified atom stereocenters. The summed E-state index contributed by atoms with van der Waals surface area (Å²) >= 11 is 1.98. The Bertz CT molecular complexity index is 1050. The molecule has 0 saturated carbocycles. The van der Waals surface area contributed by atoms with Crippen LogP contribution in [0, 0.1) is 5.92 Å². The van der Waals surface area contributed by atoms with Gasteiger partial charge in [0.25, 0.3) is 10.0 Å². The van der Waals surface area contributed by atoms with Crippen molar-refractivity contribution in [1.82, 2.24) is 0 Å². The zero-order chi connectivity index (χ0) is 22.7. The van der Waals surface area contributed by atoms with Crippen LogP contribution in [-0.4, -0.2) is 37.7 Å². The van der Waals surface area contributed by atoms with Crippen molar-refractivity contribution in [2.45, 2.75) is 63.5 Å². The van der Waals surface area contributed by atoms with E-state index in [4.69, 9.17) is 4.74 Å². The van der Waals surface area contributed by atoms with E-state index in [-0.39, 0.29) is 17.5 Å². The highest BCUT2D eigenvalue weighted by molar-refractivity contribution is 7.99. The van der Waals surface area contributed by atoms with Crippen molar-refractivity contribution in [3.8, 4) is 5.75 Å². The summed E-state index contributed by atoms with van der Waals surface area (Å²) in [7, 11) is -3.77. The summed E-state index contributed by atoms with van der Waals surface area (Å²) in [6, 6.07) is 10.8. The molecule has 1 atom stereocenters. The molecular formula is C25H33NO4S2. The molecule has 2 heterocycles. The van der Waals surface area contributed by atoms with Crippen LogP contribution in [0.15, 0.2) is 41.3 Å². The Morgan fingerprint density at radius 3 is 2.62 bits per heavy atom. The molecule has 7 heteroatoms. The molecule has 1 fully saturated rings. The molecule has 0 aliphatic carbocycles. The van der Waals surface area contributed by atoms with Gasteiger partial charge in [-0.25, -0.2) is 8.42 Å². The minimum atomic E-state index is -3.77. The molecule has 1 saturated heterocycles. The molecular weight excluding hydrogens is 442 g/mol. The van der Waals surface area contributed by atoms with E-state index in [1.54, 1.807) is 22.5 Å². The number of fused-ring (bicyclic) bond motifs is 1. The molecule has 4 rings (SSSR count). The van der Waals surface area contributed by atoms with Gasteiger partial charge in [-0.05, 0) is 91.8 Å². The van der Waals surface area contributed by atoms with Gasteiger partial charge in [-0.2, -0.15) is 11.8 Å². The summed E-state index contributed by atoms with van der Waals surface area (Å²) in [4.78, 5) is 0.197. The van der Waals surface area contributed by atoms with E-state index in [2.05, 4.69) is 13.0 Å². The third-order valence-electron chi connectivity index (χ3n) is 6.60. The zero-order valence-electron chi connectivity index (χ0n) is 18.9. The van der Waals surface area contributed by atoms with Crippen molar-refractivity contribution in [3.63, 3.8) is 0 Å². The number of thioether (sulfide) groups is 1. The average molecular weight is 476 g/mol. The Morgan fingerprint density at radius 1 is 1.12 bits per heavy atom. The van der Waals surface area contributed by atoms with E-state index in [0.717, 1.165) is 54.9 Å². The maximum Gasteiger partial charge on any atom is 0.264 e. The maximum absolute atomic E-state index is 13.7. The Balaban J connectivity index is 1.61. The van der Waals surface area contributed by atoms with Crippen molar-refractivity contribution in [3.05, 3.63) is 53.1 Å². The quantitative estimate of drug-likeness (QED) is 0.623. The van der Waals surface area contributed by atoms with Crippen LogP contribution in [0.2, 0.25) is 0 Å². The lowest BCUT2D eigenvalue weighted by Gasteiger charge is -2.36. The van der Waals surface area contributed by atoms with Gasteiger partial charge in [0.1, 0.15) is 5.75 Å². The number of aliphatic hydroxyl groups excluding tert-OH is 1. The number of aliphatic hydroxyl groups is 1. The number of ether oxygens (including phenoxy) is 1. The molecule has 2 aromatic carbocycles. The molecule has 1 N–H and O–H groups in total. The van der Waals surface area contributed by atoms with Crippen LogP contribution < -0.4 is 9.04 Å². The van der Waals surface area contributed by atoms with Crippen molar-refractivity contribution in [2.24, 2.45) is 5.92 Å². The summed E-state index contributed by atoms with van der Waals surface area (Å²) in [6.07, 6.45) is 4.86. The van der Waals surface area contributed by atoms with Crippen LogP contribution in [0.4, 0.5) is 5.69 Å². The average Bonchev–Trinajstić information content (AvgIpc) is 2.82. The van der Waals surface area contributed by atoms with Gasteiger partial charge in [0, 0.05) is 11.6 Å². The maximum atomic E-state index is 13.7. The number of sulfonamides is 1. The smallest absolute Gasteiger partial charge is 0.264 e. The van der Waals surface area contributed by atoms with E-state index in [0.29, 0.717) is 23.8 Å². The summed E-state index contributed by atoms with van der Waals surface area (Å²) in [5, 5.41) is 9.93. The first-order valence-electron chi connectivity index (χ1n) is 11.5. The van der Waals surface area contributed by atoms with E-state index in [1.807, 2.05) is 30.8 Å². The van der Waals surface area contributed by atoms with Gasteiger partial charge in [-0.15, -0.1) is 0 Å². The van der Waals surface area contributed by atoms with Gasteiger partial charge in [0.2, 0.25) is 0 Å². The number of hydrogen-bond donors (Lipinski definition) is 1. The number of anilines is 1. The standard InChI is InChI=1S/C25H33NO4S2/c1-3-19-5-8-24-21(14-19)6-4-18(2)26(24)32(28,29)23-7-9-25(22(15-23)16-27)30-17-20-10-12-31-13-11-20/h5,7-9,14-15,18,20,27H,3-4,6,10-13,16-17H2,1-2H3. The molecule has 2 aliphatic rings. The van der Waals surface area contributed by atoms with Crippen LogP contribution in [0.25, 0.3) is 0 Å². The Hall–Kier alpha value is -1.70. The SMILES string of the molecule is CCc1ccc2c(c1)CCC(C)N2S(=O)(=O)c1ccc(OCC2CCSCC2)c(CO)c1. The number of benzene rings is 2. The predicted molar refractivity (Wildman–Crippen MR) is 131 cm³/mol. The van der Waals surface area contributed by atoms with E-state index in [1.165, 1.54) is 5.56 Å². The number of rotatable bonds is 7. The minimum Gasteiger partial charge on any atom is -0.493 e. The van der Waals surface area contributed by atoms with Gasteiger partial charge >= 0.3 is 0 Å². The second-order valence-electron chi connectivity index (χ2n) is 8.80. The molecule has 32 heavy (non-hydrogen) atoms. The van der Waals surface area contributed by atoms with E-state index < -0.39 is 10.0 Å². The van der Waals surface area contributed by atoms with Crippen molar-refractivity contribution in [2.75, 3.05) is 22.4 Å². The van der Waals surface area contributed by atoms with Crippen molar-refractivity contribution < 1.29 is 18.3 Å². The van der Waals surface area contributed by atoms with Crippen LogP contribution in [0.1, 0.15) is 49.8 Å².